The summed E-state index contributed by atoms with van der Waals surface area (Å²) in [7, 11) is 1.93. The molecule has 26 heavy (non-hydrogen) atoms. The van der Waals surface area contributed by atoms with Crippen LogP contribution in [0.5, 0.6) is 0 Å². The number of hydrogen-bond acceptors (Lipinski definition) is 2. The highest BCUT2D eigenvalue weighted by Gasteiger charge is 2.26. The van der Waals surface area contributed by atoms with Gasteiger partial charge in [0.15, 0.2) is 0 Å². The summed E-state index contributed by atoms with van der Waals surface area (Å²) in [6.07, 6.45) is 2.58. The van der Waals surface area contributed by atoms with Crippen LogP contribution in [0.4, 0.5) is 0 Å². The zero-order chi connectivity index (χ0) is 18.5. The first-order valence-corrected chi connectivity index (χ1v) is 8.78. The zero-order valence-electron chi connectivity index (χ0n) is 15.3. The van der Waals surface area contributed by atoms with Crippen molar-refractivity contribution in [3.63, 3.8) is 0 Å². The van der Waals surface area contributed by atoms with Crippen LogP contribution in [0.15, 0.2) is 73.4 Å². The molecule has 0 bridgehead atoms. The van der Waals surface area contributed by atoms with Gasteiger partial charge in [0.25, 0.3) is 0 Å². The first-order valence-electron chi connectivity index (χ1n) is 8.78. The Balaban J connectivity index is 1.98. The zero-order valence-corrected chi connectivity index (χ0v) is 15.3. The first kappa shape index (κ1) is 17.7. The summed E-state index contributed by atoms with van der Waals surface area (Å²) in [5.74, 6) is -0.192. The molecule has 2 atom stereocenters. The summed E-state index contributed by atoms with van der Waals surface area (Å²) in [5, 5.41) is 14.3. The second kappa shape index (κ2) is 7.84. The van der Waals surface area contributed by atoms with E-state index >= 15 is 0 Å². The van der Waals surface area contributed by atoms with Crippen LogP contribution in [0, 0.1) is 18.3 Å². The van der Waals surface area contributed by atoms with Crippen LogP contribution in [0.3, 0.4) is 0 Å². The predicted octanol–water partition coefficient (Wildman–Crippen LogP) is 5.22. The van der Waals surface area contributed by atoms with Crippen LogP contribution < -0.4 is 0 Å². The number of allylic oxidation sites excluding steroid dienone is 1. The van der Waals surface area contributed by atoms with E-state index in [9.17, 15) is 5.26 Å². The van der Waals surface area contributed by atoms with Gasteiger partial charge < -0.3 is 0 Å². The van der Waals surface area contributed by atoms with Gasteiger partial charge in [-0.25, -0.2) is 0 Å². The highest BCUT2D eigenvalue weighted by molar-refractivity contribution is 5.65. The number of hydrogen-bond donors (Lipinski definition) is 0. The van der Waals surface area contributed by atoms with Gasteiger partial charge in [-0.2, -0.15) is 10.4 Å². The van der Waals surface area contributed by atoms with Crippen molar-refractivity contribution in [2.24, 2.45) is 7.05 Å². The molecule has 3 aromatic rings. The molecule has 0 aliphatic carbocycles. The predicted molar refractivity (Wildman–Crippen MR) is 106 cm³/mol. The van der Waals surface area contributed by atoms with E-state index in [1.807, 2.05) is 73.4 Å². The summed E-state index contributed by atoms with van der Waals surface area (Å²) in [4.78, 5) is 0. The van der Waals surface area contributed by atoms with E-state index in [1.54, 1.807) is 0 Å². The van der Waals surface area contributed by atoms with Gasteiger partial charge in [0.2, 0.25) is 0 Å². The van der Waals surface area contributed by atoms with Crippen molar-refractivity contribution in [3.05, 3.63) is 95.8 Å². The molecule has 0 saturated carbocycles. The lowest BCUT2D eigenvalue weighted by Gasteiger charge is -2.24. The molecule has 0 fully saturated rings. The van der Waals surface area contributed by atoms with Crippen LogP contribution in [-0.2, 0) is 7.05 Å². The molecular weight excluding hydrogens is 318 g/mol. The van der Waals surface area contributed by atoms with Gasteiger partial charge in [0, 0.05) is 24.2 Å². The van der Waals surface area contributed by atoms with Crippen LogP contribution in [0.25, 0.3) is 5.57 Å². The second-order valence-corrected chi connectivity index (χ2v) is 6.61. The van der Waals surface area contributed by atoms with E-state index in [2.05, 4.69) is 29.9 Å². The third kappa shape index (κ3) is 3.60. The molecule has 0 aliphatic rings. The lowest BCUT2D eigenvalue weighted by atomic mass is 9.78. The van der Waals surface area contributed by atoms with Gasteiger partial charge in [-0.15, -0.1) is 0 Å². The molecule has 0 amide bonds. The van der Waals surface area contributed by atoms with Crippen LogP contribution in [-0.4, -0.2) is 9.78 Å². The summed E-state index contributed by atoms with van der Waals surface area (Å²) in [5.41, 5.74) is 5.37. The first-order chi connectivity index (χ1) is 12.6. The van der Waals surface area contributed by atoms with Crippen molar-refractivity contribution in [1.82, 2.24) is 9.78 Å². The fourth-order valence-corrected chi connectivity index (χ4v) is 3.41. The van der Waals surface area contributed by atoms with E-state index in [4.69, 9.17) is 0 Å². The lowest BCUT2D eigenvalue weighted by Crippen LogP contribution is -2.11. The summed E-state index contributed by atoms with van der Waals surface area (Å²) in [6.45, 7) is 6.36. The van der Waals surface area contributed by atoms with Gasteiger partial charge in [0.1, 0.15) is 0 Å². The quantitative estimate of drug-likeness (QED) is 0.616. The van der Waals surface area contributed by atoms with Gasteiger partial charge >= 0.3 is 0 Å². The van der Waals surface area contributed by atoms with Crippen molar-refractivity contribution in [1.29, 1.82) is 5.26 Å². The Labute approximate surface area is 155 Å². The minimum Gasteiger partial charge on any atom is -0.272 e. The number of nitriles is 1. The third-order valence-corrected chi connectivity index (χ3v) is 5.01. The molecule has 3 rings (SSSR count). The topological polar surface area (TPSA) is 41.6 Å². The van der Waals surface area contributed by atoms with Crippen LogP contribution in [0.2, 0.25) is 0 Å². The molecule has 2 unspecified atom stereocenters. The number of benzene rings is 2. The van der Waals surface area contributed by atoms with Gasteiger partial charge in [-0.3, -0.25) is 4.68 Å². The second-order valence-electron chi connectivity index (χ2n) is 6.61. The molecule has 3 heteroatoms. The fourth-order valence-electron chi connectivity index (χ4n) is 3.41. The Hall–Kier alpha value is -3.12. The monoisotopic (exact) mass is 341 g/mol. The number of aromatic nitrogens is 2. The van der Waals surface area contributed by atoms with E-state index in [-0.39, 0.29) is 11.8 Å². The molecule has 3 nitrogen and oxygen atoms in total. The minimum absolute atomic E-state index is 0.0377. The number of rotatable bonds is 6. The maximum absolute atomic E-state index is 9.96. The van der Waals surface area contributed by atoms with Crippen molar-refractivity contribution >= 4 is 5.57 Å². The third-order valence-electron chi connectivity index (χ3n) is 5.01. The van der Waals surface area contributed by atoms with E-state index in [1.165, 1.54) is 0 Å². The average molecular weight is 341 g/mol. The van der Waals surface area contributed by atoms with Gasteiger partial charge in [-0.1, -0.05) is 67.2 Å². The maximum atomic E-state index is 9.96. The molecule has 1 aromatic heterocycles. The van der Waals surface area contributed by atoms with Gasteiger partial charge in [-0.05, 0) is 30.0 Å². The SMILES string of the molecule is C=C(CC(c1ccccc1)C(C#N)c1ccccc1)c1cnn(C)c1C. The minimum atomic E-state index is -0.229. The standard InChI is InChI=1S/C23H23N3/c1-17(23-16-25-26(3)18(23)2)14-21(19-10-6-4-7-11-19)22(15-24)20-12-8-5-9-13-20/h4-13,16,21-22H,1,14H2,2-3H3. The Morgan fingerprint density at radius 2 is 1.65 bits per heavy atom. The lowest BCUT2D eigenvalue weighted by molar-refractivity contribution is 0.642. The Bertz CT molecular complexity index is 917. The smallest absolute Gasteiger partial charge is 0.0784 e. The molecule has 0 saturated heterocycles. The molecular formula is C23H23N3. The molecule has 1 heterocycles. The van der Waals surface area contributed by atoms with E-state index in [0.717, 1.165) is 28.0 Å². The number of nitrogens with zero attached hydrogens (tertiary/aromatic N) is 3. The van der Waals surface area contributed by atoms with E-state index in [0.29, 0.717) is 6.42 Å². The summed E-state index contributed by atoms with van der Waals surface area (Å²) in [6, 6.07) is 22.8. The molecule has 0 N–H and O–H groups in total. The Morgan fingerprint density at radius 1 is 1.08 bits per heavy atom. The Kier molecular flexibility index (Phi) is 5.34. The fraction of sp³-hybridized carbons (Fsp3) is 0.217. The highest BCUT2D eigenvalue weighted by Crippen LogP contribution is 2.39. The van der Waals surface area contributed by atoms with Crippen molar-refractivity contribution in [2.45, 2.75) is 25.2 Å². The van der Waals surface area contributed by atoms with E-state index < -0.39 is 0 Å². The van der Waals surface area contributed by atoms with Crippen LogP contribution in [0.1, 0.15) is 40.6 Å². The van der Waals surface area contributed by atoms with Crippen LogP contribution >= 0.6 is 0 Å². The van der Waals surface area contributed by atoms with Crippen molar-refractivity contribution in [3.8, 4) is 6.07 Å². The molecule has 0 aliphatic heterocycles. The number of aryl methyl sites for hydroxylation is 1. The highest BCUT2D eigenvalue weighted by atomic mass is 15.3. The largest absolute Gasteiger partial charge is 0.272 e. The van der Waals surface area contributed by atoms with Crippen molar-refractivity contribution < 1.29 is 0 Å². The molecule has 2 aromatic carbocycles. The van der Waals surface area contributed by atoms with Gasteiger partial charge in [0.05, 0.1) is 18.2 Å². The average Bonchev–Trinajstić information content (AvgIpc) is 3.02. The Morgan fingerprint density at radius 3 is 2.15 bits per heavy atom. The summed E-state index contributed by atoms with van der Waals surface area (Å²) < 4.78 is 1.86. The summed E-state index contributed by atoms with van der Waals surface area (Å²) >= 11 is 0. The maximum Gasteiger partial charge on any atom is 0.0784 e. The normalized spacial score (nSPS) is 13.0. The van der Waals surface area contributed by atoms with Crippen molar-refractivity contribution in [2.75, 3.05) is 0 Å². The molecule has 0 radical (unpaired) electrons. The molecule has 0 spiro atoms. The molecule has 130 valence electrons.